The second kappa shape index (κ2) is 9.76. The fraction of sp³-hybridized carbons (Fsp3) is 0. The molecule has 0 saturated carbocycles. The topological polar surface area (TPSA) is 0 Å². The molecule has 0 spiro atoms. The molecule has 0 N–H and O–H groups in total. The number of benzene rings is 10. The van der Waals surface area contributed by atoms with Crippen LogP contribution in [-0.2, 0) is 0 Å². The summed E-state index contributed by atoms with van der Waals surface area (Å²) in [5.74, 6) is 0. The summed E-state index contributed by atoms with van der Waals surface area (Å²) in [4.78, 5) is 0. The zero-order chi connectivity index (χ0) is 46.7. The van der Waals surface area contributed by atoms with Gasteiger partial charge in [-0.15, -0.1) is 0 Å². The predicted molar refractivity (Wildman–Crippen MR) is 199 cm³/mol. The first-order valence-corrected chi connectivity index (χ1v) is 14.5. The molecule has 0 heteroatoms. The Kier molecular flexibility index (Phi) is 2.79. The molecule has 0 radical (unpaired) electrons. The lowest BCUT2D eigenvalue weighted by Crippen LogP contribution is -1.93. The zero-order valence-electron chi connectivity index (χ0n) is 42.7. The quantitative estimate of drug-likeness (QED) is 0.140. The Morgan fingerprint density at radius 2 is 0.848 bits per heavy atom. The SMILES string of the molecule is [2H]c1c([2H])c([2H])c2c(-c3c([2H])c([2H])c4c([2H])c([2H])c5c([2H])c([2H])c([2H])c6c([2H])c([2H])c3c4c56)c3c(c([2H])c([2H])c4c([2H])c([2H])c([2H])c([2H])c43)c(-c3ccc(-c4ccccc4)cc3)c2c1[2H]. The van der Waals surface area contributed by atoms with Crippen LogP contribution in [0, 0.1) is 0 Å². The van der Waals surface area contributed by atoms with Crippen molar-refractivity contribution in [2.45, 2.75) is 0 Å². The molecule has 0 aliphatic rings. The lowest BCUT2D eigenvalue weighted by molar-refractivity contribution is 1.61. The maximum Gasteiger partial charge on any atom is 0.0630 e. The van der Waals surface area contributed by atoms with Gasteiger partial charge in [-0.25, -0.2) is 0 Å². The van der Waals surface area contributed by atoms with Gasteiger partial charge in [0.15, 0.2) is 0 Å². The van der Waals surface area contributed by atoms with E-state index in [0.29, 0.717) is 0 Å². The van der Waals surface area contributed by atoms with Crippen molar-refractivity contribution >= 4 is 64.6 Å². The maximum atomic E-state index is 9.77. The summed E-state index contributed by atoms with van der Waals surface area (Å²) in [6, 6.07) is 3.00. The van der Waals surface area contributed by atoms with Crippen LogP contribution in [0.25, 0.3) is 98.0 Å². The molecular formula is C46H28. The Balaban J connectivity index is 1.59. The third kappa shape index (κ3) is 3.62. The smallest absolute Gasteiger partial charge is 0.0622 e. The van der Waals surface area contributed by atoms with Crippen LogP contribution in [0.2, 0.25) is 0 Å². The van der Waals surface area contributed by atoms with Gasteiger partial charge in [0.25, 0.3) is 0 Å². The van der Waals surface area contributed by atoms with Crippen LogP contribution < -0.4 is 0 Å². The number of fused-ring (bicyclic) bond motifs is 4. The summed E-state index contributed by atoms with van der Waals surface area (Å²) in [5.41, 5.74) is 0.996. The Hall–Kier alpha value is -5.98. The number of hydrogen-bond donors (Lipinski definition) is 0. The largest absolute Gasteiger partial charge is 0.0630 e. The monoisotopic (exact) mass is 599 g/mol. The molecule has 0 aliphatic heterocycles. The maximum absolute atomic E-state index is 9.77. The first-order chi connectivity index (χ1) is 30.8. The molecule has 0 atom stereocenters. The molecule has 0 heterocycles. The molecule has 10 aromatic carbocycles. The van der Waals surface area contributed by atoms with E-state index in [2.05, 4.69) is 0 Å². The second-order valence-corrected chi connectivity index (χ2v) is 10.9. The fourth-order valence-electron chi connectivity index (χ4n) is 6.53. The van der Waals surface area contributed by atoms with E-state index in [-0.39, 0.29) is 70.4 Å². The number of hydrogen-bond acceptors (Lipinski definition) is 0. The standard InChI is InChI=1S/C46H28/c1-2-9-29(10-3-1)30-17-19-34(20-18-30)43-37-15-6-7-16-38(37)46(45-36-14-5-4-11-31(36)23-28-41(43)45)40-27-25-35-22-21-32-12-8-13-33-24-26-39(40)44(35)42(32)33/h1-28H/i4D,5D,6D,7D,8D,11D,12D,13D,14D,15D,16D,21D,22D,23D,24D,25D,26D,27D,28D. The fourth-order valence-corrected chi connectivity index (χ4v) is 6.53. The second-order valence-electron chi connectivity index (χ2n) is 10.9. The third-order valence-corrected chi connectivity index (χ3v) is 8.53. The highest BCUT2D eigenvalue weighted by molar-refractivity contribution is 6.32. The highest BCUT2D eigenvalue weighted by Gasteiger charge is 2.21. The van der Waals surface area contributed by atoms with Crippen molar-refractivity contribution in [1.82, 2.24) is 0 Å². The summed E-state index contributed by atoms with van der Waals surface area (Å²) in [6.45, 7) is 0. The van der Waals surface area contributed by atoms with E-state index in [1.54, 1.807) is 24.3 Å². The molecule has 212 valence electrons. The van der Waals surface area contributed by atoms with Crippen LogP contribution in [0.15, 0.2) is 169 Å². The molecule has 0 aromatic heterocycles. The predicted octanol–water partition coefficient (Wildman–Crippen LogP) is 13.0. The first-order valence-electron chi connectivity index (χ1n) is 24.0. The van der Waals surface area contributed by atoms with Gasteiger partial charge in [0.2, 0.25) is 0 Å². The highest BCUT2D eigenvalue weighted by atomic mass is 14.2. The average molecular weight is 600 g/mol. The molecule has 10 aromatic rings. The Morgan fingerprint density at radius 3 is 1.63 bits per heavy atom. The van der Waals surface area contributed by atoms with Crippen LogP contribution in [0.4, 0.5) is 0 Å². The number of rotatable bonds is 3. The van der Waals surface area contributed by atoms with Crippen LogP contribution in [0.5, 0.6) is 0 Å². The van der Waals surface area contributed by atoms with Crippen molar-refractivity contribution in [2.75, 3.05) is 0 Å². The molecule has 0 unspecified atom stereocenters. The van der Waals surface area contributed by atoms with Gasteiger partial charge in [-0.05, 0) is 98.0 Å². The molecule has 0 amide bonds. The van der Waals surface area contributed by atoms with E-state index in [1.807, 2.05) is 30.3 Å². The molecular weight excluding hydrogens is 553 g/mol. The molecule has 10 rings (SSSR count). The highest BCUT2D eigenvalue weighted by Crippen LogP contribution is 2.49. The summed E-state index contributed by atoms with van der Waals surface area (Å²) in [5, 5.41) is -3.72. The first kappa shape index (κ1) is 13.2. The minimum atomic E-state index is -0.777. The van der Waals surface area contributed by atoms with Crippen molar-refractivity contribution < 1.29 is 26.0 Å². The van der Waals surface area contributed by atoms with Crippen LogP contribution >= 0.6 is 0 Å². The molecule has 0 aliphatic carbocycles. The van der Waals surface area contributed by atoms with E-state index in [9.17, 15) is 12.3 Å². The molecule has 0 fully saturated rings. The van der Waals surface area contributed by atoms with Gasteiger partial charge in [-0.2, -0.15) is 0 Å². The van der Waals surface area contributed by atoms with Crippen molar-refractivity contribution in [2.24, 2.45) is 0 Å². The molecule has 46 heavy (non-hydrogen) atoms. The van der Waals surface area contributed by atoms with E-state index in [1.165, 1.54) is 0 Å². The van der Waals surface area contributed by atoms with Crippen LogP contribution in [-0.4, -0.2) is 0 Å². The van der Waals surface area contributed by atoms with E-state index in [0.717, 1.165) is 11.1 Å². The minimum absolute atomic E-state index is 0.0197. The van der Waals surface area contributed by atoms with Gasteiger partial charge in [-0.1, -0.05) is 169 Å². The van der Waals surface area contributed by atoms with E-state index < -0.39 is 131 Å². The van der Waals surface area contributed by atoms with Gasteiger partial charge in [0.05, 0.1) is 26.0 Å². The average Bonchev–Trinajstić information content (AvgIpc) is 3.30. The van der Waals surface area contributed by atoms with Gasteiger partial charge in [-0.3, -0.25) is 0 Å². The Labute approximate surface area is 293 Å². The Bertz CT molecular complexity index is 3820. The van der Waals surface area contributed by atoms with Crippen LogP contribution in [0.1, 0.15) is 26.0 Å². The zero-order valence-corrected chi connectivity index (χ0v) is 23.7. The molecule has 0 nitrogen and oxygen atoms in total. The van der Waals surface area contributed by atoms with Gasteiger partial charge in [0, 0.05) is 0 Å². The lowest BCUT2D eigenvalue weighted by atomic mass is 9.82. The van der Waals surface area contributed by atoms with Crippen molar-refractivity contribution in [3.63, 3.8) is 0 Å². The molecule has 0 saturated heterocycles. The van der Waals surface area contributed by atoms with Crippen LogP contribution in [0.3, 0.4) is 0 Å². The van der Waals surface area contributed by atoms with Gasteiger partial charge < -0.3 is 0 Å². The Morgan fingerprint density at radius 1 is 0.304 bits per heavy atom. The summed E-state index contributed by atoms with van der Waals surface area (Å²) >= 11 is 0. The van der Waals surface area contributed by atoms with E-state index in [4.69, 9.17) is 13.7 Å². The van der Waals surface area contributed by atoms with Crippen molar-refractivity contribution in [3.8, 4) is 33.4 Å². The minimum Gasteiger partial charge on any atom is -0.0622 e. The normalized spacial score (nSPS) is 17.7. The van der Waals surface area contributed by atoms with Crippen molar-refractivity contribution in [1.29, 1.82) is 0 Å². The third-order valence-electron chi connectivity index (χ3n) is 8.53. The lowest BCUT2D eigenvalue weighted by Gasteiger charge is -2.21. The summed E-state index contributed by atoms with van der Waals surface area (Å²) in [7, 11) is 0. The van der Waals surface area contributed by atoms with Gasteiger partial charge >= 0.3 is 0 Å². The van der Waals surface area contributed by atoms with E-state index >= 15 is 0 Å². The summed E-state index contributed by atoms with van der Waals surface area (Å²) in [6.07, 6.45) is 0. The summed E-state index contributed by atoms with van der Waals surface area (Å²) < 4.78 is 174. The van der Waals surface area contributed by atoms with Crippen molar-refractivity contribution in [3.05, 3.63) is 169 Å². The van der Waals surface area contributed by atoms with Gasteiger partial charge in [0.1, 0.15) is 0 Å². The molecule has 0 bridgehead atoms.